The van der Waals surface area contributed by atoms with E-state index in [4.69, 9.17) is 4.74 Å². The van der Waals surface area contributed by atoms with Crippen molar-refractivity contribution in [3.05, 3.63) is 91.0 Å². The number of hydrogen-bond donors (Lipinski definition) is 0. The lowest BCUT2D eigenvalue weighted by molar-refractivity contribution is -0.135. The number of carbonyl (C=O) groups is 1. The maximum absolute atomic E-state index is 12.9. The van der Waals surface area contributed by atoms with Crippen molar-refractivity contribution in [2.24, 2.45) is 0 Å². The Labute approximate surface area is 154 Å². The maximum atomic E-state index is 12.9. The molecule has 1 aliphatic heterocycles. The second kappa shape index (κ2) is 6.97. The van der Waals surface area contributed by atoms with Crippen LogP contribution in [-0.4, -0.2) is 17.4 Å². The van der Waals surface area contributed by atoms with Crippen molar-refractivity contribution in [1.29, 1.82) is 0 Å². The summed E-state index contributed by atoms with van der Waals surface area (Å²) < 4.78 is 5.60. The fourth-order valence-corrected chi connectivity index (χ4v) is 8.34. The van der Waals surface area contributed by atoms with Gasteiger partial charge in [-0.25, -0.2) is 4.79 Å². The first kappa shape index (κ1) is 16.9. The summed E-state index contributed by atoms with van der Waals surface area (Å²) in [7, 11) is 0. The zero-order valence-corrected chi connectivity index (χ0v) is 15.6. The van der Waals surface area contributed by atoms with Crippen molar-refractivity contribution in [2.75, 3.05) is 0 Å². The molecular formula is C23H21O2P. The molecule has 1 aliphatic rings. The first-order valence-corrected chi connectivity index (χ1v) is 10.6. The predicted octanol–water partition coefficient (Wildman–Crippen LogP) is 3.49. The van der Waals surface area contributed by atoms with Gasteiger partial charge in [-0.1, -0.05) is 91.0 Å². The molecule has 1 atom stereocenters. The van der Waals surface area contributed by atoms with Crippen LogP contribution in [0.25, 0.3) is 0 Å². The van der Waals surface area contributed by atoms with E-state index < -0.39 is 6.89 Å². The summed E-state index contributed by atoms with van der Waals surface area (Å²) in [5, 5.41) is 4.49. The van der Waals surface area contributed by atoms with Gasteiger partial charge in [0.05, 0.1) is 5.29 Å². The average molecular weight is 360 g/mol. The zero-order chi connectivity index (χ0) is 18.0. The Morgan fingerprint density at radius 1 is 0.731 bits per heavy atom. The summed E-state index contributed by atoms with van der Waals surface area (Å²) in [6.07, 6.45) is 0.596. The van der Waals surface area contributed by atoms with Gasteiger partial charge in [-0.15, -0.1) is 0 Å². The molecule has 0 N–H and O–H groups in total. The van der Waals surface area contributed by atoms with E-state index in [0.717, 1.165) is 5.29 Å². The van der Waals surface area contributed by atoms with E-state index in [2.05, 4.69) is 72.8 Å². The van der Waals surface area contributed by atoms with Crippen LogP contribution >= 0.6 is 6.89 Å². The second-order valence-corrected chi connectivity index (χ2v) is 9.97. The highest BCUT2D eigenvalue weighted by molar-refractivity contribution is 7.96. The van der Waals surface area contributed by atoms with Crippen LogP contribution < -0.4 is 15.9 Å². The minimum Gasteiger partial charge on any atom is -0.459 e. The van der Waals surface area contributed by atoms with E-state index in [0.29, 0.717) is 6.42 Å². The zero-order valence-electron chi connectivity index (χ0n) is 14.7. The number of carbonyl (C=O) groups excluding carboxylic acids is 1. The van der Waals surface area contributed by atoms with Crippen molar-refractivity contribution < 1.29 is 9.53 Å². The van der Waals surface area contributed by atoms with Crippen molar-refractivity contribution >= 4 is 34.1 Å². The molecule has 130 valence electrons. The van der Waals surface area contributed by atoms with Crippen LogP contribution in [0.1, 0.15) is 13.3 Å². The molecule has 4 rings (SSSR count). The molecule has 0 amide bonds. The Kier molecular flexibility index (Phi) is 4.53. The molecule has 1 fully saturated rings. The number of benzene rings is 3. The summed E-state index contributed by atoms with van der Waals surface area (Å²) in [5.41, 5.74) is 0. The van der Waals surface area contributed by atoms with Crippen LogP contribution in [0.5, 0.6) is 0 Å². The van der Waals surface area contributed by atoms with Gasteiger partial charge < -0.3 is 4.74 Å². The minimum atomic E-state index is -2.25. The van der Waals surface area contributed by atoms with Gasteiger partial charge in [0, 0.05) is 6.42 Å². The van der Waals surface area contributed by atoms with Gasteiger partial charge in [0.25, 0.3) is 0 Å². The van der Waals surface area contributed by atoms with Gasteiger partial charge >= 0.3 is 5.97 Å². The first-order valence-electron chi connectivity index (χ1n) is 8.86. The van der Waals surface area contributed by atoms with Crippen molar-refractivity contribution in [1.82, 2.24) is 0 Å². The molecule has 0 radical (unpaired) electrons. The molecule has 0 bridgehead atoms. The molecule has 3 aromatic carbocycles. The lowest BCUT2D eigenvalue weighted by atomic mass is 10.3. The Balaban J connectivity index is 2.20. The number of rotatable bonds is 3. The number of hydrogen-bond acceptors (Lipinski definition) is 2. The highest BCUT2D eigenvalue weighted by Gasteiger charge is 2.38. The number of ether oxygens (including phenoxy) is 1. The third-order valence-corrected chi connectivity index (χ3v) is 9.25. The van der Waals surface area contributed by atoms with Crippen molar-refractivity contribution in [2.45, 2.75) is 19.4 Å². The summed E-state index contributed by atoms with van der Waals surface area (Å²) >= 11 is 0. The fourth-order valence-electron chi connectivity index (χ4n) is 3.79. The van der Waals surface area contributed by atoms with Crippen LogP contribution in [0.3, 0.4) is 0 Å². The van der Waals surface area contributed by atoms with E-state index in [1.54, 1.807) is 0 Å². The van der Waals surface area contributed by atoms with Gasteiger partial charge in [0.2, 0.25) is 0 Å². The number of esters is 1. The van der Waals surface area contributed by atoms with Crippen LogP contribution in [0.2, 0.25) is 0 Å². The SMILES string of the molecule is CC1CC(=P(c2ccccc2)(c2ccccc2)c2ccccc2)C(=O)O1. The molecule has 1 heterocycles. The smallest absolute Gasteiger partial charge is 0.335 e. The Bertz CT molecular complexity index is 859. The molecule has 0 aromatic heterocycles. The third-order valence-electron chi connectivity index (χ3n) is 4.86. The van der Waals surface area contributed by atoms with Crippen LogP contribution in [0.4, 0.5) is 0 Å². The highest BCUT2D eigenvalue weighted by Crippen LogP contribution is 2.48. The van der Waals surface area contributed by atoms with Gasteiger partial charge in [-0.05, 0) is 29.7 Å². The maximum Gasteiger partial charge on any atom is 0.335 e. The van der Waals surface area contributed by atoms with Crippen LogP contribution in [0, 0.1) is 0 Å². The molecule has 26 heavy (non-hydrogen) atoms. The molecule has 1 unspecified atom stereocenters. The monoisotopic (exact) mass is 360 g/mol. The Morgan fingerprint density at radius 2 is 1.12 bits per heavy atom. The molecule has 2 nitrogen and oxygen atoms in total. The summed E-state index contributed by atoms with van der Waals surface area (Å²) in [5.74, 6) is -0.151. The predicted molar refractivity (Wildman–Crippen MR) is 110 cm³/mol. The lowest BCUT2D eigenvalue weighted by Crippen LogP contribution is -2.32. The topological polar surface area (TPSA) is 26.3 Å². The van der Waals surface area contributed by atoms with Gasteiger partial charge in [0.1, 0.15) is 6.10 Å². The van der Waals surface area contributed by atoms with Gasteiger partial charge in [-0.3, -0.25) is 0 Å². The van der Waals surface area contributed by atoms with E-state index in [1.807, 2.05) is 25.1 Å². The minimum absolute atomic E-state index is 0.0759. The quantitative estimate of drug-likeness (QED) is 0.528. The standard InChI is InChI=1S/C23H21O2P/c1-18-17-22(23(24)25-18)26(19-11-5-2-6-12-19,20-13-7-3-8-14-20)21-15-9-4-10-16-21/h2-16,18H,17H2,1H3. The molecule has 3 heteroatoms. The molecule has 1 saturated heterocycles. The third kappa shape index (κ3) is 2.71. The fraction of sp³-hybridized carbons (Fsp3) is 0.130. The molecule has 0 aliphatic carbocycles. The van der Waals surface area contributed by atoms with E-state index in [9.17, 15) is 4.79 Å². The lowest BCUT2D eigenvalue weighted by Gasteiger charge is -2.30. The molecule has 3 aromatic rings. The van der Waals surface area contributed by atoms with Crippen LogP contribution in [-0.2, 0) is 9.53 Å². The van der Waals surface area contributed by atoms with E-state index >= 15 is 0 Å². The molecule has 0 saturated carbocycles. The van der Waals surface area contributed by atoms with Crippen molar-refractivity contribution in [3.63, 3.8) is 0 Å². The summed E-state index contributed by atoms with van der Waals surface area (Å²) in [4.78, 5) is 12.9. The summed E-state index contributed by atoms with van der Waals surface area (Å²) in [6.45, 7) is -0.279. The number of cyclic esters (lactones) is 1. The first-order chi connectivity index (χ1) is 12.7. The largest absolute Gasteiger partial charge is 0.459 e. The summed E-state index contributed by atoms with van der Waals surface area (Å²) in [6, 6.07) is 31.3. The van der Waals surface area contributed by atoms with Gasteiger partial charge in [-0.2, -0.15) is 0 Å². The normalized spacial score (nSPS) is 17.2. The van der Waals surface area contributed by atoms with Gasteiger partial charge in [0.15, 0.2) is 0 Å². The van der Waals surface area contributed by atoms with E-state index in [-0.39, 0.29) is 12.1 Å². The van der Waals surface area contributed by atoms with E-state index in [1.165, 1.54) is 15.9 Å². The average Bonchev–Trinajstić information content (AvgIpc) is 3.03. The Morgan fingerprint density at radius 3 is 1.42 bits per heavy atom. The highest BCUT2D eigenvalue weighted by atomic mass is 31.2. The Hall–Kier alpha value is -2.57. The molecular weight excluding hydrogens is 339 g/mol. The van der Waals surface area contributed by atoms with Crippen molar-refractivity contribution in [3.8, 4) is 0 Å². The second-order valence-electron chi connectivity index (χ2n) is 6.54. The van der Waals surface area contributed by atoms with Crippen LogP contribution in [0.15, 0.2) is 91.0 Å². The molecule has 0 spiro atoms.